The Balaban J connectivity index is 2.44. The zero-order chi connectivity index (χ0) is 14.7. The van der Waals surface area contributed by atoms with Gasteiger partial charge in [-0.1, -0.05) is 35.9 Å². The standard InChI is InChI=1S/C17H23N3/c1-12-8-9-16(13(2)10-12)17(19-18)14-6-5-7-15(11-14)20(3)4/h5-11,17,19H,18H2,1-4H3. The van der Waals surface area contributed by atoms with Crippen LogP contribution in [0.4, 0.5) is 5.69 Å². The fourth-order valence-electron chi connectivity index (χ4n) is 2.50. The molecule has 2 aromatic carbocycles. The topological polar surface area (TPSA) is 41.3 Å². The molecule has 0 saturated heterocycles. The van der Waals surface area contributed by atoms with Crippen molar-refractivity contribution in [3.8, 4) is 0 Å². The number of nitrogens with one attached hydrogen (secondary N) is 1. The first-order valence-corrected chi connectivity index (χ1v) is 6.83. The molecule has 1 atom stereocenters. The highest BCUT2D eigenvalue weighted by atomic mass is 15.2. The number of hydrogen-bond acceptors (Lipinski definition) is 3. The van der Waals surface area contributed by atoms with Crippen molar-refractivity contribution >= 4 is 5.69 Å². The second-order valence-corrected chi connectivity index (χ2v) is 5.45. The van der Waals surface area contributed by atoms with Gasteiger partial charge in [-0.15, -0.1) is 0 Å². The van der Waals surface area contributed by atoms with E-state index in [0.29, 0.717) is 0 Å². The highest BCUT2D eigenvalue weighted by Crippen LogP contribution is 2.27. The molecule has 0 aliphatic rings. The quantitative estimate of drug-likeness (QED) is 0.662. The van der Waals surface area contributed by atoms with E-state index in [1.54, 1.807) is 0 Å². The zero-order valence-corrected chi connectivity index (χ0v) is 12.6. The number of hydrazine groups is 1. The van der Waals surface area contributed by atoms with E-state index < -0.39 is 0 Å². The molecule has 0 aliphatic heterocycles. The van der Waals surface area contributed by atoms with Gasteiger partial charge in [0, 0.05) is 19.8 Å². The molecule has 0 radical (unpaired) electrons. The lowest BCUT2D eigenvalue weighted by molar-refractivity contribution is 0.633. The maximum Gasteiger partial charge on any atom is 0.0713 e. The van der Waals surface area contributed by atoms with Crippen LogP contribution in [0.15, 0.2) is 42.5 Å². The van der Waals surface area contributed by atoms with E-state index in [1.165, 1.54) is 27.9 Å². The van der Waals surface area contributed by atoms with Crippen molar-refractivity contribution < 1.29 is 0 Å². The fourth-order valence-corrected chi connectivity index (χ4v) is 2.50. The van der Waals surface area contributed by atoms with Gasteiger partial charge in [0.2, 0.25) is 0 Å². The van der Waals surface area contributed by atoms with Gasteiger partial charge in [-0.25, -0.2) is 5.43 Å². The minimum absolute atomic E-state index is 0.00972. The largest absolute Gasteiger partial charge is 0.378 e. The predicted octanol–water partition coefficient (Wildman–Crippen LogP) is 2.92. The second-order valence-electron chi connectivity index (χ2n) is 5.45. The van der Waals surface area contributed by atoms with Gasteiger partial charge in [0.05, 0.1) is 6.04 Å². The summed E-state index contributed by atoms with van der Waals surface area (Å²) in [5, 5.41) is 0. The maximum absolute atomic E-state index is 5.81. The third-order valence-corrected chi connectivity index (χ3v) is 3.62. The summed E-state index contributed by atoms with van der Waals surface area (Å²) in [4.78, 5) is 2.10. The summed E-state index contributed by atoms with van der Waals surface area (Å²) in [7, 11) is 4.09. The first kappa shape index (κ1) is 14.6. The molecule has 0 amide bonds. The Morgan fingerprint density at radius 1 is 1.05 bits per heavy atom. The van der Waals surface area contributed by atoms with Crippen LogP contribution in [0.25, 0.3) is 0 Å². The highest BCUT2D eigenvalue weighted by molar-refractivity contribution is 5.50. The van der Waals surface area contributed by atoms with E-state index in [1.807, 2.05) is 14.1 Å². The van der Waals surface area contributed by atoms with Crippen molar-refractivity contribution in [3.63, 3.8) is 0 Å². The third kappa shape index (κ3) is 3.00. The lowest BCUT2D eigenvalue weighted by Crippen LogP contribution is -2.29. The Morgan fingerprint density at radius 2 is 1.80 bits per heavy atom. The smallest absolute Gasteiger partial charge is 0.0713 e. The van der Waals surface area contributed by atoms with E-state index in [-0.39, 0.29) is 6.04 Å². The molecule has 0 spiro atoms. The van der Waals surface area contributed by atoms with E-state index in [4.69, 9.17) is 5.84 Å². The van der Waals surface area contributed by atoms with Gasteiger partial charge >= 0.3 is 0 Å². The zero-order valence-electron chi connectivity index (χ0n) is 12.6. The summed E-state index contributed by atoms with van der Waals surface area (Å²) in [6.45, 7) is 4.23. The van der Waals surface area contributed by atoms with Gasteiger partial charge < -0.3 is 4.90 Å². The van der Waals surface area contributed by atoms with Crippen LogP contribution in [0, 0.1) is 13.8 Å². The Bertz CT molecular complexity index is 591. The van der Waals surface area contributed by atoms with E-state index in [2.05, 4.69) is 66.6 Å². The molecule has 2 aromatic rings. The number of benzene rings is 2. The first-order valence-electron chi connectivity index (χ1n) is 6.83. The van der Waals surface area contributed by atoms with Crippen molar-refractivity contribution in [1.82, 2.24) is 5.43 Å². The monoisotopic (exact) mass is 269 g/mol. The summed E-state index contributed by atoms with van der Waals surface area (Å²) >= 11 is 0. The number of anilines is 1. The van der Waals surface area contributed by atoms with Gasteiger partial charge in [-0.2, -0.15) is 0 Å². The van der Waals surface area contributed by atoms with Crippen molar-refractivity contribution in [2.45, 2.75) is 19.9 Å². The number of nitrogens with zero attached hydrogens (tertiary/aromatic N) is 1. The summed E-state index contributed by atoms with van der Waals surface area (Å²) in [5.74, 6) is 5.81. The molecule has 2 rings (SSSR count). The number of hydrogen-bond donors (Lipinski definition) is 2. The van der Waals surface area contributed by atoms with Gasteiger partial charge in [-0.3, -0.25) is 5.84 Å². The molecule has 0 aliphatic carbocycles. The van der Waals surface area contributed by atoms with Crippen LogP contribution in [0.2, 0.25) is 0 Å². The number of aryl methyl sites for hydroxylation is 2. The van der Waals surface area contributed by atoms with Crippen molar-refractivity contribution in [3.05, 3.63) is 64.7 Å². The Hall–Kier alpha value is -1.84. The number of rotatable bonds is 4. The minimum atomic E-state index is 0.00972. The average molecular weight is 269 g/mol. The molecule has 20 heavy (non-hydrogen) atoms. The molecular weight excluding hydrogens is 246 g/mol. The molecule has 1 unspecified atom stereocenters. The Labute approximate surface area is 121 Å². The highest BCUT2D eigenvalue weighted by Gasteiger charge is 2.15. The second kappa shape index (κ2) is 6.07. The molecule has 3 N–H and O–H groups in total. The normalized spacial score (nSPS) is 12.2. The van der Waals surface area contributed by atoms with Gasteiger partial charge in [0.25, 0.3) is 0 Å². The van der Waals surface area contributed by atoms with Gasteiger partial charge in [0.1, 0.15) is 0 Å². The van der Waals surface area contributed by atoms with Gasteiger partial charge in [0.15, 0.2) is 0 Å². The van der Waals surface area contributed by atoms with Crippen LogP contribution in [-0.2, 0) is 0 Å². The van der Waals surface area contributed by atoms with Crippen LogP contribution in [0.5, 0.6) is 0 Å². The molecule has 0 fully saturated rings. The van der Waals surface area contributed by atoms with Crippen LogP contribution < -0.4 is 16.2 Å². The molecule has 106 valence electrons. The summed E-state index contributed by atoms with van der Waals surface area (Å²) in [5.41, 5.74) is 9.03. The SMILES string of the molecule is Cc1ccc(C(NN)c2cccc(N(C)C)c2)c(C)c1. The fraction of sp³-hybridized carbons (Fsp3) is 0.294. The van der Waals surface area contributed by atoms with Crippen LogP contribution in [0.1, 0.15) is 28.3 Å². The lowest BCUT2D eigenvalue weighted by atomic mass is 9.94. The van der Waals surface area contributed by atoms with Crippen molar-refractivity contribution in [1.29, 1.82) is 0 Å². The lowest BCUT2D eigenvalue weighted by Gasteiger charge is -2.21. The molecule has 0 saturated carbocycles. The summed E-state index contributed by atoms with van der Waals surface area (Å²) < 4.78 is 0. The third-order valence-electron chi connectivity index (χ3n) is 3.62. The Kier molecular flexibility index (Phi) is 4.42. The maximum atomic E-state index is 5.81. The molecular formula is C17H23N3. The van der Waals surface area contributed by atoms with Gasteiger partial charge in [-0.05, 0) is 42.7 Å². The van der Waals surface area contributed by atoms with Crippen LogP contribution in [-0.4, -0.2) is 14.1 Å². The summed E-state index contributed by atoms with van der Waals surface area (Å²) in [6, 6.07) is 14.9. The van der Waals surface area contributed by atoms with Crippen LogP contribution in [0.3, 0.4) is 0 Å². The Morgan fingerprint density at radius 3 is 2.40 bits per heavy atom. The minimum Gasteiger partial charge on any atom is -0.378 e. The van der Waals surface area contributed by atoms with E-state index >= 15 is 0 Å². The molecule has 0 aromatic heterocycles. The molecule has 3 nitrogen and oxygen atoms in total. The summed E-state index contributed by atoms with van der Waals surface area (Å²) in [6.07, 6.45) is 0. The average Bonchev–Trinajstić information content (AvgIpc) is 2.42. The number of nitrogens with two attached hydrogens (primary N) is 1. The predicted molar refractivity (Wildman–Crippen MR) is 85.9 cm³/mol. The molecule has 3 heteroatoms. The van der Waals surface area contributed by atoms with Crippen molar-refractivity contribution in [2.75, 3.05) is 19.0 Å². The van der Waals surface area contributed by atoms with Crippen molar-refractivity contribution in [2.24, 2.45) is 5.84 Å². The van der Waals surface area contributed by atoms with Crippen LogP contribution >= 0.6 is 0 Å². The van der Waals surface area contributed by atoms with E-state index in [9.17, 15) is 0 Å². The molecule has 0 heterocycles. The van der Waals surface area contributed by atoms with E-state index in [0.717, 1.165) is 0 Å². The first-order chi connectivity index (χ1) is 9.52. The molecule has 0 bridgehead atoms.